The molecule has 3 rings (SSSR count). The van der Waals surface area contributed by atoms with E-state index >= 15 is 0 Å². The molecule has 2 N–H and O–H groups in total. The monoisotopic (exact) mass is 299 g/mol. The smallest absolute Gasteiger partial charge is 0.258 e. The molecule has 0 aliphatic carbocycles. The molecule has 3 aromatic heterocycles. The van der Waals surface area contributed by atoms with E-state index in [9.17, 15) is 4.79 Å². The molecule has 0 unspecified atom stereocenters. The summed E-state index contributed by atoms with van der Waals surface area (Å²) >= 11 is 1.41. The van der Waals surface area contributed by atoms with Crippen LogP contribution in [0.2, 0.25) is 0 Å². The highest BCUT2D eigenvalue weighted by molar-refractivity contribution is 7.98. The quantitative estimate of drug-likeness (QED) is 0.740. The minimum atomic E-state index is -0.0913. The Labute approximate surface area is 125 Å². The molecule has 0 radical (unpaired) electrons. The van der Waals surface area contributed by atoms with Gasteiger partial charge in [0.15, 0.2) is 5.82 Å². The molecule has 3 heterocycles. The fourth-order valence-electron chi connectivity index (χ4n) is 1.97. The standard InChI is InChI=1S/C14H13N5OS/c1-9-3-2-6-19-11(20)7-10(18-13(9)19)8-21-14-12(15)16-4-5-17-14/h2-7H,8H2,1H3,(H2,15,16). The summed E-state index contributed by atoms with van der Waals surface area (Å²) in [5.41, 5.74) is 7.99. The Kier molecular flexibility index (Phi) is 3.57. The number of fused-ring (bicyclic) bond motifs is 1. The maximum atomic E-state index is 12.1. The molecule has 106 valence electrons. The van der Waals surface area contributed by atoms with Crippen molar-refractivity contribution >= 4 is 23.2 Å². The number of nitrogens with zero attached hydrogens (tertiary/aromatic N) is 4. The molecular formula is C14H13N5OS. The Morgan fingerprint density at radius 3 is 2.95 bits per heavy atom. The van der Waals surface area contributed by atoms with E-state index in [2.05, 4.69) is 15.0 Å². The second kappa shape index (κ2) is 5.53. The van der Waals surface area contributed by atoms with Crippen molar-refractivity contribution in [1.29, 1.82) is 0 Å². The molecule has 0 saturated heterocycles. The third-order valence-corrected chi connectivity index (χ3v) is 4.02. The van der Waals surface area contributed by atoms with Crippen LogP contribution < -0.4 is 11.3 Å². The van der Waals surface area contributed by atoms with Crippen LogP contribution in [-0.2, 0) is 5.75 Å². The van der Waals surface area contributed by atoms with Gasteiger partial charge in [0.05, 0.1) is 5.69 Å². The number of pyridine rings is 1. The molecule has 0 atom stereocenters. The number of anilines is 1. The molecule has 7 heteroatoms. The van der Waals surface area contributed by atoms with Gasteiger partial charge in [-0.25, -0.2) is 15.0 Å². The Hall–Kier alpha value is -2.41. The molecule has 0 saturated carbocycles. The van der Waals surface area contributed by atoms with Gasteiger partial charge in [0.25, 0.3) is 5.56 Å². The van der Waals surface area contributed by atoms with Crippen LogP contribution in [0.5, 0.6) is 0 Å². The number of rotatable bonds is 3. The second-order valence-corrected chi connectivity index (χ2v) is 5.47. The molecule has 0 amide bonds. The molecule has 6 nitrogen and oxygen atoms in total. The predicted octanol–water partition coefficient (Wildman–Crippen LogP) is 1.67. The lowest BCUT2D eigenvalue weighted by molar-refractivity contribution is 0.998. The summed E-state index contributed by atoms with van der Waals surface area (Å²) in [6, 6.07) is 5.30. The summed E-state index contributed by atoms with van der Waals surface area (Å²) < 4.78 is 1.54. The highest BCUT2D eigenvalue weighted by atomic mass is 32.2. The molecule has 0 aliphatic heterocycles. The Balaban J connectivity index is 1.93. The first-order valence-corrected chi connectivity index (χ1v) is 7.31. The topological polar surface area (TPSA) is 86.2 Å². The SMILES string of the molecule is Cc1cccn2c(=O)cc(CSc3nccnc3N)nc12. The lowest BCUT2D eigenvalue weighted by atomic mass is 10.3. The second-order valence-electron chi connectivity index (χ2n) is 4.51. The predicted molar refractivity (Wildman–Crippen MR) is 82.2 cm³/mol. The van der Waals surface area contributed by atoms with E-state index in [1.807, 2.05) is 19.1 Å². The van der Waals surface area contributed by atoms with Crippen molar-refractivity contribution in [1.82, 2.24) is 19.4 Å². The van der Waals surface area contributed by atoms with Crippen LogP contribution in [0.25, 0.3) is 5.65 Å². The average Bonchev–Trinajstić information content (AvgIpc) is 2.48. The largest absolute Gasteiger partial charge is 0.381 e. The Morgan fingerprint density at radius 1 is 1.33 bits per heavy atom. The number of aromatic nitrogens is 4. The molecule has 3 aromatic rings. The molecule has 0 aromatic carbocycles. The van der Waals surface area contributed by atoms with E-state index in [-0.39, 0.29) is 5.56 Å². The van der Waals surface area contributed by atoms with Crippen LogP contribution in [-0.4, -0.2) is 19.4 Å². The fourth-order valence-corrected chi connectivity index (χ4v) is 2.74. The number of hydrogen-bond donors (Lipinski definition) is 1. The molecule has 0 fully saturated rings. The van der Waals surface area contributed by atoms with E-state index in [0.717, 1.165) is 5.56 Å². The lowest BCUT2D eigenvalue weighted by Gasteiger charge is -2.06. The van der Waals surface area contributed by atoms with Gasteiger partial charge in [-0.2, -0.15) is 0 Å². The van der Waals surface area contributed by atoms with Crippen LogP contribution in [0, 0.1) is 6.92 Å². The normalized spacial score (nSPS) is 10.9. The molecule has 0 bridgehead atoms. The van der Waals surface area contributed by atoms with Crippen molar-refractivity contribution < 1.29 is 0 Å². The summed E-state index contributed by atoms with van der Waals surface area (Å²) in [6.07, 6.45) is 4.85. The van der Waals surface area contributed by atoms with Crippen LogP contribution in [0.4, 0.5) is 5.82 Å². The molecule has 0 spiro atoms. The van der Waals surface area contributed by atoms with Gasteiger partial charge in [0.1, 0.15) is 10.7 Å². The van der Waals surface area contributed by atoms with Crippen molar-refractivity contribution in [3.05, 3.63) is 58.4 Å². The zero-order valence-electron chi connectivity index (χ0n) is 11.4. The number of nitrogen functional groups attached to an aromatic ring is 1. The van der Waals surface area contributed by atoms with E-state index in [0.29, 0.717) is 27.9 Å². The van der Waals surface area contributed by atoms with Gasteiger partial charge in [-0.1, -0.05) is 17.8 Å². The maximum absolute atomic E-state index is 12.1. The third-order valence-electron chi connectivity index (χ3n) is 2.99. The van der Waals surface area contributed by atoms with E-state index < -0.39 is 0 Å². The lowest BCUT2D eigenvalue weighted by Crippen LogP contribution is -2.15. The van der Waals surface area contributed by atoms with Crippen LogP contribution in [0.3, 0.4) is 0 Å². The number of thioether (sulfide) groups is 1. The highest BCUT2D eigenvalue weighted by Gasteiger charge is 2.07. The first-order chi connectivity index (χ1) is 10.1. The Morgan fingerprint density at radius 2 is 2.14 bits per heavy atom. The van der Waals surface area contributed by atoms with Gasteiger partial charge in [-0.15, -0.1) is 0 Å². The number of hydrogen-bond acceptors (Lipinski definition) is 6. The first kappa shape index (κ1) is 13.6. The van der Waals surface area contributed by atoms with Crippen LogP contribution in [0.1, 0.15) is 11.3 Å². The number of aryl methyl sites for hydroxylation is 1. The van der Waals surface area contributed by atoms with Crippen LogP contribution in [0.15, 0.2) is 46.6 Å². The minimum Gasteiger partial charge on any atom is -0.381 e. The number of nitrogens with two attached hydrogens (primary N) is 1. The summed E-state index contributed by atoms with van der Waals surface area (Å²) in [5.74, 6) is 0.902. The molecular weight excluding hydrogens is 286 g/mol. The Bertz CT molecular complexity index is 861. The third kappa shape index (κ3) is 2.73. The van der Waals surface area contributed by atoms with Gasteiger partial charge < -0.3 is 5.73 Å². The zero-order chi connectivity index (χ0) is 14.8. The van der Waals surface area contributed by atoms with Crippen LogP contribution >= 0.6 is 11.8 Å². The molecule has 0 aliphatic rings. The van der Waals surface area contributed by atoms with E-state index in [1.165, 1.54) is 17.8 Å². The average molecular weight is 299 g/mol. The van der Waals surface area contributed by atoms with Crippen molar-refractivity contribution in [2.45, 2.75) is 17.7 Å². The van der Waals surface area contributed by atoms with Gasteiger partial charge in [0, 0.05) is 30.4 Å². The van der Waals surface area contributed by atoms with Crippen molar-refractivity contribution in [3.8, 4) is 0 Å². The van der Waals surface area contributed by atoms with Gasteiger partial charge >= 0.3 is 0 Å². The summed E-state index contributed by atoms with van der Waals surface area (Å²) in [4.78, 5) is 24.8. The van der Waals surface area contributed by atoms with E-state index in [4.69, 9.17) is 5.73 Å². The first-order valence-electron chi connectivity index (χ1n) is 6.32. The molecule has 21 heavy (non-hydrogen) atoms. The fraction of sp³-hybridized carbons (Fsp3) is 0.143. The maximum Gasteiger partial charge on any atom is 0.258 e. The van der Waals surface area contributed by atoms with Gasteiger partial charge in [-0.05, 0) is 18.6 Å². The minimum absolute atomic E-state index is 0.0913. The van der Waals surface area contributed by atoms with Crippen molar-refractivity contribution in [3.63, 3.8) is 0 Å². The van der Waals surface area contributed by atoms with Crippen molar-refractivity contribution in [2.75, 3.05) is 5.73 Å². The summed E-state index contributed by atoms with van der Waals surface area (Å²) in [7, 11) is 0. The summed E-state index contributed by atoms with van der Waals surface area (Å²) in [6.45, 7) is 1.93. The van der Waals surface area contributed by atoms with E-state index in [1.54, 1.807) is 23.0 Å². The van der Waals surface area contributed by atoms with Gasteiger partial charge in [0.2, 0.25) is 0 Å². The summed E-state index contributed by atoms with van der Waals surface area (Å²) in [5, 5.41) is 0.643. The van der Waals surface area contributed by atoms with Gasteiger partial charge in [-0.3, -0.25) is 9.20 Å². The van der Waals surface area contributed by atoms with Crippen molar-refractivity contribution in [2.24, 2.45) is 0 Å². The highest BCUT2D eigenvalue weighted by Crippen LogP contribution is 2.23. The zero-order valence-corrected chi connectivity index (χ0v) is 12.2.